The van der Waals surface area contributed by atoms with Crippen LogP contribution >= 0.6 is 0 Å². The van der Waals surface area contributed by atoms with Crippen LogP contribution in [0, 0.1) is 0 Å². The molecule has 0 atom stereocenters. The average molecular weight is 299 g/mol. The van der Waals surface area contributed by atoms with Gasteiger partial charge in [-0.3, -0.25) is 10.4 Å². The number of aromatic nitrogens is 3. The molecule has 6 heteroatoms. The van der Waals surface area contributed by atoms with Crippen LogP contribution in [0.25, 0.3) is 0 Å². The summed E-state index contributed by atoms with van der Waals surface area (Å²) in [5, 5.41) is 12.5. The first-order valence-corrected chi connectivity index (χ1v) is 7.51. The molecule has 6 nitrogen and oxygen atoms in total. The lowest BCUT2D eigenvalue weighted by Gasteiger charge is -2.18. The lowest BCUT2D eigenvalue weighted by Crippen LogP contribution is -2.21. The Labute approximate surface area is 129 Å². The van der Waals surface area contributed by atoms with Crippen molar-refractivity contribution in [1.82, 2.24) is 15.2 Å². The average Bonchev–Trinajstić information content (AvgIpc) is 3.19. The summed E-state index contributed by atoms with van der Waals surface area (Å²) in [6.07, 6.45) is 5.73. The highest BCUT2D eigenvalue weighted by Gasteiger charge is 2.28. The monoisotopic (exact) mass is 299 g/mol. The second-order valence-corrected chi connectivity index (χ2v) is 6.73. The van der Waals surface area contributed by atoms with Crippen LogP contribution in [-0.2, 0) is 5.41 Å². The van der Waals surface area contributed by atoms with Gasteiger partial charge < -0.3 is 5.32 Å². The molecule has 1 saturated carbocycles. The third-order valence-corrected chi connectivity index (χ3v) is 3.77. The number of nitrogens with one attached hydrogen (secondary N) is 3. The van der Waals surface area contributed by atoms with E-state index in [1.54, 1.807) is 12.4 Å². The molecular weight excluding hydrogens is 278 g/mol. The number of urea groups is 1. The first-order chi connectivity index (χ1) is 10.4. The van der Waals surface area contributed by atoms with E-state index in [2.05, 4.69) is 46.6 Å². The Bertz CT molecular complexity index is 665. The van der Waals surface area contributed by atoms with E-state index in [9.17, 15) is 4.79 Å². The number of aromatic amines is 1. The molecule has 0 aliphatic heterocycles. The predicted octanol–water partition coefficient (Wildman–Crippen LogP) is 3.62. The summed E-state index contributed by atoms with van der Waals surface area (Å²) in [7, 11) is 0. The minimum Gasteiger partial charge on any atom is -0.305 e. The number of amides is 2. The molecule has 0 unspecified atom stereocenters. The van der Waals surface area contributed by atoms with E-state index in [0.29, 0.717) is 11.7 Å². The lowest BCUT2D eigenvalue weighted by molar-refractivity contribution is 0.262. The van der Waals surface area contributed by atoms with Crippen molar-refractivity contribution in [2.24, 2.45) is 0 Å². The van der Waals surface area contributed by atoms with Crippen LogP contribution < -0.4 is 10.6 Å². The lowest BCUT2D eigenvalue weighted by atomic mass is 9.88. The largest absolute Gasteiger partial charge is 0.324 e. The predicted molar refractivity (Wildman–Crippen MR) is 86.1 cm³/mol. The molecule has 2 amide bonds. The highest BCUT2D eigenvalue weighted by Crippen LogP contribution is 2.42. The van der Waals surface area contributed by atoms with Gasteiger partial charge in [-0.05, 0) is 29.9 Å². The Hall–Kier alpha value is -2.37. The van der Waals surface area contributed by atoms with Crippen molar-refractivity contribution in [1.29, 1.82) is 0 Å². The van der Waals surface area contributed by atoms with Crippen molar-refractivity contribution in [3.05, 3.63) is 35.8 Å². The van der Waals surface area contributed by atoms with Crippen molar-refractivity contribution < 1.29 is 4.79 Å². The van der Waals surface area contributed by atoms with E-state index in [1.807, 2.05) is 12.1 Å². The molecule has 0 spiro atoms. The summed E-state index contributed by atoms with van der Waals surface area (Å²) in [5.74, 6) is 1.03. The molecule has 0 saturated heterocycles. The smallest absolute Gasteiger partial charge is 0.305 e. The molecule has 0 radical (unpaired) electrons. The zero-order valence-corrected chi connectivity index (χ0v) is 13.1. The van der Waals surface area contributed by atoms with E-state index in [1.165, 1.54) is 0 Å². The number of carbonyl (C=O) groups excluding carboxylic acids is 1. The number of H-pyrrole nitrogens is 1. The third-order valence-electron chi connectivity index (χ3n) is 3.77. The van der Waals surface area contributed by atoms with Gasteiger partial charge in [-0.1, -0.05) is 26.8 Å². The van der Waals surface area contributed by atoms with Crippen LogP contribution in [0.1, 0.15) is 50.8 Å². The molecule has 3 rings (SSSR count). The molecule has 2 heterocycles. The van der Waals surface area contributed by atoms with E-state index in [0.717, 1.165) is 29.8 Å². The van der Waals surface area contributed by atoms with Gasteiger partial charge in [-0.15, -0.1) is 0 Å². The fourth-order valence-electron chi connectivity index (χ4n) is 2.26. The summed E-state index contributed by atoms with van der Waals surface area (Å²) < 4.78 is 0. The molecule has 1 fully saturated rings. The first kappa shape index (κ1) is 14.6. The van der Waals surface area contributed by atoms with Crippen molar-refractivity contribution in [2.45, 2.75) is 44.9 Å². The Balaban J connectivity index is 1.63. The Morgan fingerprint density at radius 2 is 2.00 bits per heavy atom. The highest BCUT2D eigenvalue weighted by atomic mass is 16.2. The molecule has 1 aliphatic carbocycles. The SMILES string of the molecule is CC(C)(C)c1ccc(NC(=O)Nc2cn[nH]c2C2CC2)nc1. The minimum absolute atomic E-state index is 0.0454. The van der Waals surface area contributed by atoms with Gasteiger partial charge in [-0.2, -0.15) is 5.10 Å². The maximum absolute atomic E-state index is 12.1. The summed E-state index contributed by atoms with van der Waals surface area (Å²) in [6.45, 7) is 6.38. The van der Waals surface area contributed by atoms with Gasteiger partial charge in [0.15, 0.2) is 0 Å². The van der Waals surface area contributed by atoms with Gasteiger partial charge in [0.1, 0.15) is 5.82 Å². The number of hydrogen-bond acceptors (Lipinski definition) is 3. The standard InChI is InChI=1S/C16H21N5O/c1-16(2,3)11-6-7-13(17-8-11)20-15(22)19-12-9-18-21-14(12)10-4-5-10/h6-10H,4-5H2,1-3H3,(H,18,21)(H2,17,19,20,22). The van der Waals surface area contributed by atoms with E-state index in [4.69, 9.17) is 0 Å². The van der Waals surface area contributed by atoms with Gasteiger partial charge in [0.25, 0.3) is 0 Å². The molecule has 116 valence electrons. The van der Waals surface area contributed by atoms with Crippen LogP contribution in [-0.4, -0.2) is 21.2 Å². The Morgan fingerprint density at radius 1 is 1.23 bits per heavy atom. The summed E-state index contributed by atoms with van der Waals surface area (Å²) in [5.41, 5.74) is 2.92. The fourth-order valence-corrected chi connectivity index (χ4v) is 2.26. The maximum atomic E-state index is 12.1. The summed E-state index contributed by atoms with van der Waals surface area (Å²) >= 11 is 0. The van der Waals surface area contributed by atoms with E-state index < -0.39 is 0 Å². The van der Waals surface area contributed by atoms with E-state index >= 15 is 0 Å². The number of pyridine rings is 1. The van der Waals surface area contributed by atoms with Crippen LogP contribution in [0.15, 0.2) is 24.5 Å². The second kappa shape index (κ2) is 5.44. The minimum atomic E-state index is -0.306. The normalized spacial score (nSPS) is 14.7. The van der Waals surface area contributed by atoms with E-state index in [-0.39, 0.29) is 11.4 Å². The van der Waals surface area contributed by atoms with Gasteiger partial charge in [0, 0.05) is 12.1 Å². The van der Waals surface area contributed by atoms with Crippen LogP contribution in [0.2, 0.25) is 0 Å². The molecule has 2 aromatic rings. The van der Waals surface area contributed by atoms with Gasteiger partial charge in [0.2, 0.25) is 0 Å². The molecule has 0 aromatic carbocycles. The first-order valence-electron chi connectivity index (χ1n) is 7.51. The number of rotatable bonds is 3. The number of carbonyl (C=O) groups is 1. The van der Waals surface area contributed by atoms with Gasteiger partial charge >= 0.3 is 6.03 Å². The number of hydrogen-bond donors (Lipinski definition) is 3. The van der Waals surface area contributed by atoms with Crippen LogP contribution in [0.4, 0.5) is 16.3 Å². The molecule has 2 aromatic heterocycles. The zero-order valence-electron chi connectivity index (χ0n) is 13.1. The number of anilines is 2. The van der Waals surface area contributed by atoms with Crippen molar-refractivity contribution >= 4 is 17.5 Å². The third kappa shape index (κ3) is 3.27. The molecule has 3 N–H and O–H groups in total. The number of nitrogens with zero attached hydrogens (tertiary/aromatic N) is 2. The highest BCUT2D eigenvalue weighted by molar-refractivity contribution is 5.99. The Kier molecular flexibility index (Phi) is 3.60. The van der Waals surface area contributed by atoms with Crippen molar-refractivity contribution in [3.63, 3.8) is 0 Å². The van der Waals surface area contributed by atoms with Crippen LogP contribution in [0.3, 0.4) is 0 Å². The fraction of sp³-hybridized carbons (Fsp3) is 0.438. The topological polar surface area (TPSA) is 82.7 Å². The summed E-state index contributed by atoms with van der Waals surface area (Å²) in [4.78, 5) is 16.3. The summed E-state index contributed by atoms with van der Waals surface area (Å²) in [6, 6.07) is 3.49. The van der Waals surface area contributed by atoms with Crippen molar-refractivity contribution in [2.75, 3.05) is 10.6 Å². The molecular formula is C16H21N5O. The quantitative estimate of drug-likeness (QED) is 0.809. The molecule has 1 aliphatic rings. The molecule has 0 bridgehead atoms. The Morgan fingerprint density at radius 3 is 2.59 bits per heavy atom. The van der Waals surface area contributed by atoms with Crippen LogP contribution in [0.5, 0.6) is 0 Å². The van der Waals surface area contributed by atoms with Gasteiger partial charge in [-0.25, -0.2) is 9.78 Å². The van der Waals surface area contributed by atoms with Crippen molar-refractivity contribution in [3.8, 4) is 0 Å². The zero-order chi connectivity index (χ0) is 15.7. The second-order valence-electron chi connectivity index (χ2n) is 6.73. The maximum Gasteiger partial charge on any atom is 0.324 e. The van der Waals surface area contributed by atoms with Gasteiger partial charge in [0.05, 0.1) is 17.6 Å². The molecule has 22 heavy (non-hydrogen) atoms.